The second kappa shape index (κ2) is 5.89. The number of rotatable bonds is 4. The number of carbonyl (C=O) groups excluding carboxylic acids is 1. The highest BCUT2D eigenvalue weighted by molar-refractivity contribution is 6.30. The quantitative estimate of drug-likeness (QED) is 0.675. The van der Waals surface area contributed by atoms with Gasteiger partial charge in [-0.3, -0.25) is 4.79 Å². The average Bonchev–Trinajstić information content (AvgIpc) is 2.93. The van der Waals surface area contributed by atoms with Crippen LogP contribution in [0.15, 0.2) is 42.6 Å². The molecule has 112 valence electrons. The zero-order valence-corrected chi connectivity index (χ0v) is 13.2. The number of halogens is 1. The molecule has 3 aromatic rings. The van der Waals surface area contributed by atoms with Crippen molar-refractivity contribution < 1.29 is 4.79 Å². The first kappa shape index (κ1) is 14.7. The minimum Gasteiger partial charge on any atom is -0.292 e. The van der Waals surface area contributed by atoms with E-state index in [9.17, 15) is 4.79 Å². The third kappa shape index (κ3) is 2.50. The van der Waals surface area contributed by atoms with Crippen molar-refractivity contribution in [3.05, 3.63) is 53.3 Å². The highest BCUT2D eigenvalue weighted by atomic mass is 35.5. The van der Waals surface area contributed by atoms with Crippen LogP contribution in [-0.2, 0) is 0 Å². The van der Waals surface area contributed by atoms with E-state index < -0.39 is 0 Å². The van der Waals surface area contributed by atoms with Crippen LogP contribution in [0.25, 0.3) is 16.9 Å². The molecular formula is C17H16ClN3O. The minimum absolute atomic E-state index is 0.0398. The van der Waals surface area contributed by atoms with Crippen LogP contribution in [0.4, 0.5) is 0 Å². The molecule has 0 saturated heterocycles. The number of ketones is 1. The van der Waals surface area contributed by atoms with Gasteiger partial charge in [0.2, 0.25) is 0 Å². The van der Waals surface area contributed by atoms with Crippen molar-refractivity contribution in [2.24, 2.45) is 5.92 Å². The Morgan fingerprint density at radius 1 is 1.27 bits per heavy atom. The number of imidazole rings is 1. The van der Waals surface area contributed by atoms with Crippen LogP contribution in [0.2, 0.25) is 5.02 Å². The van der Waals surface area contributed by atoms with Crippen molar-refractivity contribution in [2.45, 2.75) is 20.3 Å². The minimum atomic E-state index is -0.0732. The number of carbonyl (C=O) groups is 1. The van der Waals surface area contributed by atoms with Crippen molar-refractivity contribution in [3.8, 4) is 11.3 Å². The zero-order valence-electron chi connectivity index (χ0n) is 12.5. The SMILES string of the molecule is CCC(C)C(=O)c1nc2cccnn2c1-c1ccc(Cl)cc1. The molecule has 22 heavy (non-hydrogen) atoms. The fourth-order valence-corrected chi connectivity index (χ4v) is 2.47. The Labute approximate surface area is 133 Å². The summed E-state index contributed by atoms with van der Waals surface area (Å²) in [4.78, 5) is 17.2. The van der Waals surface area contributed by atoms with Gasteiger partial charge in [-0.25, -0.2) is 9.50 Å². The number of Topliss-reactive ketones (excluding diaryl/α,β-unsaturated/α-hetero) is 1. The van der Waals surface area contributed by atoms with Crippen LogP contribution >= 0.6 is 11.6 Å². The van der Waals surface area contributed by atoms with Crippen LogP contribution in [0.1, 0.15) is 30.8 Å². The molecule has 4 nitrogen and oxygen atoms in total. The molecule has 5 heteroatoms. The van der Waals surface area contributed by atoms with Crippen molar-refractivity contribution in [1.82, 2.24) is 14.6 Å². The Kier molecular flexibility index (Phi) is 3.94. The largest absolute Gasteiger partial charge is 0.292 e. The number of hydrogen-bond acceptors (Lipinski definition) is 3. The number of hydrogen-bond donors (Lipinski definition) is 0. The lowest BCUT2D eigenvalue weighted by Crippen LogP contribution is -2.12. The molecule has 0 fully saturated rings. The Morgan fingerprint density at radius 2 is 2.00 bits per heavy atom. The topological polar surface area (TPSA) is 47.3 Å². The van der Waals surface area contributed by atoms with E-state index >= 15 is 0 Å². The lowest BCUT2D eigenvalue weighted by Gasteiger charge is -2.08. The molecule has 0 aliphatic heterocycles. The first-order valence-electron chi connectivity index (χ1n) is 7.25. The van der Waals surface area contributed by atoms with Gasteiger partial charge in [-0.15, -0.1) is 0 Å². The van der Waals surface area contributed by atoms with Crippen molar-refractivity contribution in [3.63, 3.8) is 0 Å². The monoisotopic (exact) mass is 313 g/mol. The van der Waals surface area contributed by atoms with Crippen molar-refractivity contribution in [2.75, 3.05) is 0 Å². The molecule has 0 N–H and O–H groups in total. The van der Waals surface area contributed by atoms with Gasteiger partial charge >= 0.3 is 0 Å². The maximum atomic E-state index is 12.7. The van der Waals surface area contributed by atoms with Gasteiger partial charge in [-0.2, -0.15) is 5.10 Å². The number of fused-ring (bicyclic) bond motifs is 1. The van der Waals surface area contributed by atoms with Crippen molar-refractivity contribution in [1.29, 1.82) is 0 Å². The van der Waals surface area contributed by atoms with Gasteiger partial charge in [0.15, 0.2) is 11.4 Å². The lowest BCUT2D eigenvalue weighted by molar-refractivity contribution is 0.0923. The van der Waals surface area contributed by atoms with Gasteiger partial charge in [-0.1, -0.05) is 37.6 Å². The molecule has 0 saturated carbocycles. The Balaban J connectivity index is 2.25. The van der Waals surface area contributed by atoms with E-state index in [1.54, 1.807) is 22.8 Å². The summed E-state index contributed by atoms with van der Waals surface area (Å²) in [7, 11) is 0. The van der Waals surface area contributed by atoms with Gasteiger partial charge in [-0.05, 0) is 30.7 Å². The van der Waals surface area contributed by atoms with Crippen LogP contribution in [0.3, 0.4) is 0 Å². The van der Waals surface area contributed by atoms with E-state index in [4.69, 9.17) is 11.6 Å². The maximum Gasteiger partial charge on any atom is 0.186 e. The van der Waals surface area contributed by atoms with Crippen LogP contribution in [0, 0.1) is 5.92 Å². The van der Waals surface area contributed by atoms with Gasteiger partial charge < -0.3 is 0 Å². The molecule has 0 radical (unpaired) electrons. The van der Waals surface area contributed by atoms with E-state index in [0.29, 0.717) is 16.4 Å². The molecule has 2 aromatic heterocycles. The smallest absolute Gasteiger partial charge is 0.186 e. The fraction of sp³-hybridized carbons (Fsp3) is 0.235. The summed E-state index contributed by atoms with van der Waals surface area (Å²) in [5.41, 5.74) is 2.73. The van der Waals surface area contributed by atoms with Gasteiger partial charge in [0, 0.05) is 22.7 Å². The van der Waals surface area contributed by atoms with E-state index in [1.807, 2.05) is 38.1 Å². The van der Waals surface area contributed by atoms with Gasteiger partial charge in [0.05, 0.1) is 0 Å². The zero-order chi connectivity index (χ0) is 15.7. The highest BCUT2D eigenvalue weighted by Gasteiger charge is 2.24. The predicted octanol–water partition coefficient (Wildman–Crippen LogP) is 4.28. The molecular weight excluding hydrogens is 298 g/mol. The molecule has 0 aliphatic carbocycles. The molecule has 0 aliphatic rings. The number of aromatic nitrogens is 3. The summed E-state index contributed by atoms with van der Waals surface area (Å²) >= 11 is 5.96. The van der Waals surface area contributed by atoms with Crippen molar-refractivity contribution >= 4 is 23.0 Å². The molecule has 1 atom stereocenters. The molecule has 3 rings (SSSR count). The normalized spacial score (nSPS) is 12.5. The second-order valence-electron chi connectivity index (χ2n) is 5.28. The average molecular weight is 314 g/mol. The van der Waals surface area contributed by atoms with Crippen LogP contribution < -0.4 is 0 Å². The fourth-order valence-electron chi connectivity index (χ4n) is 2.35. The second-order valence-corrected chi connectivity index (χ2v) is 5.72. The Hall–Kier alpha value is -2.20. The molecule has 2 heterocycles. The standard InChI is InChI=1S/C17H16ClN3O/c1-3-11(2)17(22)15-16(12-6-8-13(18)9-7-12)21-14(20-15)5-4-10-19-21/h4-11H,3H2,1-2H3. The maximum absolute atomic E-state index is 12.7. The molecule has 0 amide bonds. The first-order valence-corrected chi connectivity index (χ1v) is 7.63. The van der Waals surface area contributed by atoms with Gasteiger partial charge in [0.1, 0.15) is 11.4 Å². The molecule has 1 aromatic carbocycles. The Bertz CT molecular complexity index is 824. The summed E-state index contributed by atoms with van der Waals surface area (Å²) in [6.45, 7) is 3.92. The Morgan fingerprint density at radius 3 is 2.68 bits per heavy atom. The number of benzene rings is 1. The molecule has 0 spiro atoms. The van der Waals surface area contributed by atoms with Gasteiger partial charge in [0.25, 0.3) is 0 Å². The summed E-state index contributed by atoms with van der Waals surface area (Å²) in [6.07, 6.45) is 2.46. The lowest BCUT2D eigenvalue weighted by atomic mass is 9.98. The first-order chi connectivity index (χ1) is 10.6. The van der Waals surface area contributed by atoms with Crippen LogP contribution in [-0.4, -0.2) is 20.4 Å². The summed E-state index contributed by atoms with van der Waals surface area (Å²) in [5.74, 6) is -0.0334. The third-order valence-electron chi connectivity index (χ3n) is 3.80. The van der Waals surface area contributed by atoms with Crippen LogP contribution in [0.5, 0.6) is 0 Å². The summed E-state index contributed by atoms with van der Waals surface area (Å²) < 4.78 is 1.71. The molecule has 1 unspecified atom stereocenters. The number of nitrogens with zero attached hydrogens (tertiary/aromatic N) is 3. The van der Waals surface area contributed by atoms with E-state index in [-0.39, 0.29) is 11.7 Å². The summed E-state index contributed by atoms with van der Waals surface area (Å²) in [6, 6.07) is 11.0. The van der Waals surface area contributed by atoms with E-state index in [1.165, 1.54) is 0 Å². The van der Waals surface area contributed by atoms with E-state index in [2.05, 4.69) is 10.1 Å². The predicted molar refractivity (Wildman–Crippen MR) is 87.2 cm³/mol. The van der Waals surface area contributed by atoms with E-state index in [0.717, 1.165) is 17.7 Å². The highest BCUT2D eigenvalue weighted by Crippen LogP contribution is 2.28. The summed E-state index contributed by atoms with van der Waals surface area (Å²) in [5, 5.41) is 4.99. The third-order valence-corrected chi connectivity index (χ3v) is 4.06. The molecule has 0 bridgehead atoms.